The summed E-state index contributed by atoms with van der Waals surface area (Å²) < 4.78 is 8.32. The van der Waals surface area contributed by atoms with E-state index in [4.69, 9.17) is 4.74 Å². The number of thioether (sulfide) groups is 1. The molecule has 0 aliphatic carbocycles. The van der Waals surface area contributed by atoms with Crippen molar-refractivity contribution in [3.05, 3.63) is 74.6 Å². The maximum atomic E-state index is 12.3. The maximum absolute atomic E-state index is 12.3. The number of hydrogen-bond donors (Lipinski definition) is 1. The van der Waals surface area contributed by atoms with Crippen molar-refractivity contribution >= 4 is 39.8 Å². The highest BCUT2D eigenvalue weighted by atomic mass is 79.9. The second kappa shape index (κ2) is 11.3. The number of aryl methyl sites for hydroxylation is 2. The zero-order valence-electron chi connectivity index (χ0n) is 18.8. The van der Waals surface area contributed by atoms with E-state index in [1.165, 1.54) is 11.8 Å². The lowest BCUT2D eigenvalue weighted by molar-refractivity contribution is -0.118. The summed E-state index contributed by atoms with van der Waals surface area (Å²) in [5.74, 6) is -0.189. The zero-order chi connectivity index (χ0) is 24.0. The lowest BCUT2D eigenvalue weighted by atomic mass is 10.1. The van der Waals surface area contributed by atoms with Crippen LogP contribution in [-0.2, 0) is 16.1 Å². The van der Waals surface area contributed by atoms with E-state index in [0.717, 1.165) is 38.4 Å². The van der Waals surface area contributed by atoms with Crippen LogP contribution >= 0.6 is 27.7 Å². The SMILES string of the molecule is COCc1cc(C)nc(SCC(=O)NN=Cc2cc(C)n(-c3ccc(Br)cc3)c2C)c1C#N. The summed E-state index contributed by atoms with van der Waals surface area (Å²) in [4.78, 5) is 16.7. The van der Waals surface area contributed by atoms with Crippen molar-refractivity contribution in [1.82, 2.24) is 15.0 Å². The summed E-state index contributed by atoms with van der Waals surface area (Å²) in [7, 11) is 1.57. The van der Waals surface area contributed by atoms with Crippen LogP contribution in [0, 0.1) is 32.1 Å². The van der Waals surface area contributed by atoms with Crippen LogP contribution in [0.5, 0.6) is 0 Å². The van der Waals surface area contributed by atoms with Crippen molar-refractivity contribution in [2.75, 3.05) is 12.9 Å². The molecule has 0 radical (unpaired) electrons. The number of ether oxygens (including phenoxy) is 1. The third-order valence-electron chi connectivity index (χ3n) is 4.90. The number of pyridine rings is 1. The molecule has 0 saturated heterocycles. The Labute approximate surface area is 206 Å². The maximum Gasteiger partial charge on any atom is 0.250 e. The fourth-order valence-electron chi connectivity index (χ4n) is 3.45. The van der Waals surface area contributed by atoms with Crippen molar-refractivity contribution in [3.63, 3.8) is 0 Å². The number of amides is 1. The van der Waals surface area contributed by atoms with Crippen LogP contribution in [0.2, 0.25) is 0 Å². The lowest BCUT2D eigenvalue weighted by Gasteiger charge is -2.09. The molecule has 1 amide bonds. The molecule has 170 valence electrons. The van der Waals surface area contributed by atoms with Crippen molar-refractivity contribution < 1.29 is 9.53 Å². The first-order chi connectivity index (χ1) is 15.8. The number of nitrogens with zero attached hydrogens (tertiary/aromatic N) is 4. The highest BCUT2D eigenvalue weighted by Gasteiger charge is 2.14. The van der Waals surface area contributed by atoms with Gasteiger partial charge in [0.2, 0.25) is 5.91 Å². The number of hydrogen-bond acceptors (Lipinski definition) is 6. The Morgan fingerprint density at radius 2 is 2.03 bits per heavy atom. The molecule has 0 aliphatic heterocycles. The van der Waals surface area contributed by atoms with Gasteiger partial charge in [0.25, 0.3) is 0 Å². The van der Waals surface area contributed by atoms with Crippen molar-refractivity contribution in [3.8, 4) is 11.8 Å². The van der Waals surface area contributed by atoms with Gasteiger partial charge in [0.1, 0.15) is 11.1 Å². The molecular weight excluding hydrogens is 502 g/mol. The average Bonchev–Trinajstić information content (AvgIpc) is 3.06. The normalized spacial score (nSPS) is 11.0. The van der Waals surface area contributed by atoms with Crippen LogP contribution in [0.3, 0.4) is 0 Å². The molecule has 1 aromatic carbocycles. The molecule has 0 saturated carbocycles. The third kappa shape index (κ3) is 6.11. The first-order valence-electron chi connectivity index (χ1n) is 10.1. The summed E-state index contributed by atoms with van der Waals surface area (Å²) in [6, 6.07) is 14.1. The molecule has 3 aromatic rings. The molecule has 0 aliphatic rings. The Kier molecular flexibility index (Phi) is 8.44. The van der Waals surface area contributed by atoms with Crippen LogP contribution in [0.15, 0.2) is 51.0 Å². The smallest absolute Gasteiger partial charge is 0.250 e. The van der Waals surface area contributed by atoms with E-state index in [1.807, 2.05) is 57.2 Å². The molecule has 2 aromatic heterocycles. The second-order valence-corrected chi connectivity index (χ2v) is 9.25. The van der Waals surface area contributed by atoms with Gasteiger partial charge in [-0.3, -0.25) is 4.79 Å². The molecule has 9 heteroatoms. The molecule has 0 spiro atoms. The summed E-state index contributed by atoms with van der Waals surface area (Å²) in [6.07, 6.45) is 1.64. The number of nitrogens with one attached hydrogen (secondary N) is 1. The summed E-state index contributed by atoms with van der Waals surface area (Å²) >= 11 is 4.66. The van der Waals surface area contributed by atoms with Gasteiger partial charge in [-0.15, -0.1) is 0 Å². The van der Waals surface area contributed by atoms with Crippen molar-refractivity contribution in [1.29, 1.82) is 5.26 Å². The van der Waals surface area contributed by atoms with Crippen LogP contribution in [-0.4, -0.2) is 34.5 Å². The van der Waals surface area contributed by atoms with Gasteiger partial charge in [0.05, 0.1) is 24.1 Å². The van der Waals surface area contributed by atoms with E-state index in [2.05, 4.69) is 42.1 Å². The minimum absolute atomic E-state index is 0.0901. The topological polar surface area (TPSA) is 92.3 Å². The first kappa shape index (κ1) is 24.7. The van der Waals surface area contributed by atoms with E-state index in [-0.39, 0.29) is 11.7 Å². The van der Waals surface area contributed by atoms with Gasteiger partial charge in [0.15, 0.2) is 0 Å². The summed E-state index contributed by atoms with van der Waals surface area (Å²) in [5.41, 5.74) is 8.58. The molecule has 7 nitrogen and oxygen atoms in total. The number of aromatic nitrogens is 2. The van der Waals surface area contributed by atoms with Gasteiger partial charge in [-0.05, 0) is 62.7 Å². The van der Waals surface area contributed by atoms with E-state index in [9.17, 15) is 10.1 Å². The molecular formula is C24H24BrN5O2S. The molecule has 0 fully saturated rings. The van der Waals surface area contributed by atoms with Gasteiger partial charge < -0.3 is 9.30 Å². The third-order valence-corrected chi connectivity index (χ3v) is 6.40. The van der Waals surface area contributed by atoms with E-state index < -0.39 is 0 Å². The molecule has 0 atom stereocenters. The highest BCUT2D eigenvalue weighted by Crippen LogP contribution is 2.25. The van der Waals surface area contributed by atoms with Crippen LogP contribution in [0.1, 0.15) is 33.8 Å². The predicted octanol–water partition coefficient (Wildman–Crippen LogP) is 4.82. The second-order valence-electron chi connectivity index (χ2n) is 7.37. The number of rotatable bonds is 8. The molecule has 3 rings (SSSR count). The van der Waals surface area contributed by atoms with Gasteiger partial charge in [-0.25, -0.2) is 10.4 Å². The zero-order valence-corrected chi connectivity index (χ0v) is 21.2. The summed E-state index contributed by atoms with van der Waals surface area (Å²) in [5, 5.41) is 14.1. The van der Waals surface area contributed by atoms with Crippen molar-refractivity contribution in [2.45, 2.75) is 32.4 Å². The van der Waals surface area contributed by atoms with Gasteiger partial charge in [-0.1, -0.05) is 27.7 Å². The largest absolute Gasteiger partial charge is 0.380 e. The Balaban J connectivity index is 1.65. The average molecular weight is 526 g/mol. The van der Waals surface area contributed by atoms with Crippen molar-refractivity contribution in [2.24, 2.45) is 5.10 Å². The predicted molar refractivity (Wildman–Crippen MR) is 134 cm³/mol. The minimum atomic E-state index is -0.279. The van der Waals surface area contributed by atoms with Crippen LogP contribution < -0.4 is 5.43 Å². The molecule has 0 unspecified atom stereocenters. The lowest BCUT2D eigenvalue weighted by Crippen LogP contribution is -2.20. The number of carbonyl (C=O) groups excluding carboxylic acids is 1. The number of carbonyl (C=O) groups is 1. The van der Waals surface area contributed by atoms with Gasteiger partial charge in [0, 0.05) is 39.9 Å². The first-order valence-corrected chi connectivity index (χ1v) is 11.9. The minimum Gasteiger partial charge on any atom is -0.380 e. The van der Waals surface area contributed by atoms with Crippen LogP contribution in [0.4, 0.5) is 0 Å². The molecule has 33 heavy (non-hydrogen) atoms. The number of methoxy groups -OCH3 is 1. The molecule has 0 bridgehead atoms. The number of benzene rings is 1. The summed E-state index contributed by atoms with van der Waals surface area (Å²) in [6.45, 7) is 6.20. The van der Waals surface area contributed by atoms with Gasteiger partial charge in [-0.2, -0.15) is 10.4 Å². The Bertz CT molecular complexity index is 1230. The Hall–Kier alpha value is -2.93. The fraction of sp³-hybridized carbons (Fsp3) is 0.250. The van der Waals surface area contributed by atoms with E-state index in [0.29, 0.717) is 17.2 Å². The highest BCUT2D eigenvalue weighted by molar-refractivity contribution is 9.10. The van der Waals surface area contributed by atoms with Crippen LogP contribution in [0.25, 0.3) is 5.69 Å². The quantitative estimate of drug-likeness (QED) is 0.258. The fourth-order valence-corrected chi connectivity index (χ4v) is 4.58. The number of nitriles is 1. The van der Waals surface area contributed by atoms with E-state index in [1.54, 1.807) is 13.3 Å². The molecule has 1 N–H and O–H groups in total. The number of halogens is 1. The Morgan fingerprint density at radius 3 is 2.70 bits per heavy atom. The standard InChI is InChI=1S/C24H24BrN5O2S/c1-15-9-19(13-32-4)22(11-26)24(28-15)33-14-23(31)29-27-12-18-10-16(2)30(17(18)3)21-7-5-20(25)6-8-21/h5-10,12H,13-14H2,1-4H3,(H,29,31). The molecule has 2 heterocycles. The number of hydrazone groups is 1. The van der Waals surface area contributed by atoms with E-state index >= 15 is 0 Å². The monoisotopic (exact) mass is 525 g/mol. The Morgan fingerprint density at radius 1 is 1.30 bits per heavy atom. The van der Waals surface area contributed by atoms with Gasteiger partial charge >= 0.3 is 0 Å².